The number of hydrogen-bond acceptors (Lipinski definition) is 5. The normalized spacial score (nSPS) is 11.5. The van der Waals surface area contributed by atoms with Crippen molar-refractivity contribution in [2.24, 2.45) is 0 Å². The van der Waals surface area contributed by atoms with E-state index in [4.69, 9.17) is 0 Å². The minimum absolute atomic E-state index is 0.0648. The van der Waals surface area contributed by atoms with Gasteiger partial charge in [0, 0.05) is 17.4 Å². The predicted molar refractivity (Wildman–Crippen MR) is 121 cm³/mol. The third kappa shape index (κ3) is 4.75. The first-order valence-corrected chi connectivity index (χ1v) is 12.1. The smallest absolute Gasteiger partial charge is 0.226 e. The Morgan fingerprint density at radius 3 is 2.47 bits per heavy atom. The van der Waals surface area contributed by atoms with Crippen LogP contribution in [0.25, 0.3) is 22.0 Å². The molecule has 5 nitrogen and oxygen atoms in total. The topological polar surface area (TPSA) is 76.1 Å². The highest BCUT2D eigenvalue weighted by atomic mass is 32.2. The molecule has 0 aliphatic rings. The summed E-state index contributed by atoms with van der Waals surface area (Å²) >= 11 is 1.35. The minimum atomic E-state index is -3.37. The molecule has 0 fully saturated rings. The highest BCUT2D eigenvalue weighted by Gasteiger charge is 2.15. The third-order valence-corrected chi connectivity index (χ3v) is 7.29. The summed E-state index contributed by atoms with van der Waals surface area (Å²) in [5, 5.41) is 7.47. The van der Waals surface area contributed by atoms with Crippen LogP contribution in [0.5, 0.6) is 0 Å². The van der Waals surface area contributed by atoms with Crippen LogP contribution in [-0.2, 0) is 14.6 Å². The molecule has 30 heavy (non-hydrogen) atoms. The molecular formula is C23H20N2O3S2. The lowest BCUT2D eigenvalue weighted by Gasteiger charge is -2.04. The molecule has 0 atom stereocenters. The zero-order valence-corrected chi connectivity index (χ0v) is 17.7. The van der Waals surface area contributed by atoms with Crippen LogP contribution in [0.3, 0.4) is 0 Å². The molecule has 4 rings (SSSR count). The van der Waals surface area contributed by atoms with Crippen molar-refractivity contribution in [3.05, 3.63) is 78.2 Å². The maximum absolute atomic E-state index is 12.3. The number of nitrogens with one attached hydrogen (secondary N) is 1. The van der Waals surface area contributed by atoms with Crippen LogP contribution in [0.1, 0.15) is 12.8 Å². The molecule has 3 aromatic carbocycles. The summed E-state index contributed by atoms with van der Waals surface area (Å²) in [6.45, 7) is 0. The van der Waals surface area contributed by atoms with Crippen LogP contribution >= 0.6 is 11.3 Å². The fourth-order valence-corrected chi connectivity index (χ4v) is 5.23. The van der Waals surface area contributed by atoms with Crippen molar-refractivity contribution in [2.45, 2.75) is 17.7 Å². The SMILES string of the molecule is O=C(CCCS(=O)(=O)c1ccccc1)Nc1nc(-c2ccc3ccccc3c2)cs1. The van der Waals surface area contributed by atoms with Gasteiger partial charge < -0.3 is 5.32 Å². The number of nitrogens with zero attached hydrogens (tertiary/aromatic N) is 1. The number of amides is 1. The summed E-state index contributed by atoms with van der Waals surface area (Å²) in [4.78, 5) is 17.0. The Balaban J connectivity index is 1.35. The van der Waals surface area contributed by atoms with Gasteiger partial charge in [-0.1, -0.05) is 54.6 Å². The highest BCUT2D eigenvalue weighted by Crippen LogP contribution is 2.28. The molecule has 152 valence electrons. The lowest BCUT2D eigenvalue weighted by atomic mass is 10.1. The summed E-state index contributed by atoms with van der Waals surface area (Å²) in [7, 11) is -3.37. The second kappa shape index (κ2) is 8.77. The van der Waals surface area contributed by atoms with Crippen molar-refractivity contribution in [1.82, 2.24) is 4.98 Å². The Kier molecular flexibility index (Phi) is 5.92. The van der Waals surface area contributed by atoms with E-state index in [1.807, 2.05) is 23.6 Å². The zero-order chi connectivity index (χ0) is 21.0. The standard InChI is InChI=1S/C23H20N2O3S2/c26-22(11-6-14-30(27,28)20-9-2-1-3-10-20)25-23-24-21(16-29-23)19-13-12-17-7-4-5-8-18(17)15-19/h1-5,7-10,12-13,15-16H,6,11,14H2,(H,24,25,26). The van der Waals surface area contributed by atoms with Gasteiger partial charge in [-0.25, -0.2) is 13.4 Å². The quantitative estimate of drug-likeness (QED) is 0.434. The van der Waals surface area contributed by atoms with Crippen molar-refractivity contribution < 1.29 is 13.2 Å². The lowest BCUT2D eigenvalue weighted by molar-refractivity contribution is -0.116. The number of aromatic nitrogens is 1. The average molecular weight is 437 g/mol. The molecule has 1 heterocycles. The Bertz CT molecular complexity index is 1280. The van der Waals surface area contributed by atoms with Crippen LogP contribution in [0, 0.1) is 0 Å². The molecule has 4 aromatic rings. The largest absolute Gasteiger partial charge is 0.302 e. The van der Waals surface area contributed by atoms with Crippen molar-refractivity contribution in [2.75, 3.05) is 11.1 Å². The van der Waals surface area contributed by atoms with Gasteiger partial charge in [-0.3, -0.25) is 4.79 Å². The number of carbonyl (C=O) groups is 1. The average Bonchev–Trinajstić information content (AvgIpc) is 3.22. The molecular weight excluding hydrogens is 416 g/mol. The summed E-state index contributed by atoms with van der Waals surface area (Å²) < 4.78 is 24.6. The fraction of sp³-hybridized carbons (Fsp3) is 0.130. The zero-order valence-electron chi connectivity index (χ0n) is 16.1. The van der Waals surface area contributed by atoms with E-state index in [-0.39, 0.29) is 29.4 Å². The number of anilines is 1. The lowest BCUT2D eigenvalue weighted by Crippen LogP contribution is -2.14. The van der Waals surface area contributed by atoms with Crippen molar-refractivity contribution in [3.63, 3.8) is 0 Å². The monoisotopic (exact) mass is 436 g/mol. The first kappa shape index (κ1) is 20.3. The number of hydrogen-bond donors (Lipinski definition) is 1. The van der Waals surface area contributed by atoms with E-state index >= 15 is 0 Å². The molecule has 0 saturated carbocycles. The van der Waals surface area contributed by atoms with E-state index < -0.39 is 9.84 Å². The maximum atomic E-state index is 12.3. The van der Waals surface area contributed by atoms with E-state index in [1.165, 1.54) is 11.3 Å². The van der Waals surface area contributed by atoms with Crippen LogP contribution in [0.2, 0.25) is 0 Å². The Morgan fingerprint density at radius 1 is 0.933 bits per heavy atom. The fourth-order valence-electron chi connectivity index (χ4n) is 3.16. The van der Waals surface area contributed by atoms with Gasteiger partial charge in [-0.2, -0.15) is 0 Å². The summed E-state index contributed by atoms with van der Waals surface area (Å²) in [6.07, 6.45) is 0.378. The predicted octanol–water partition coefficient (Wildman–Crippen LogP) is 5.16. The van der Waals surface area contributed by atoms with Gasteiger partial charge in [-0.15, -0.1) is 11.3 Å². The van der Waals surface area contributed by atoms with E-state index in [2.05, 4.69) is 34.6 Å². The first-order valence-electron chi connectivity index (χ1n) is 9.54. The molecule has 0 aliphatic carbocycles. The molecule has 0 bridgehead atoms. The van der Waals surface area contributed by atoms with Gasteiger partial charge in [0.2, 0.25) is 5.91 Å². The number of rotatable bonds is 7. The van der Waals surface area contributed by atoms with E-state index in [1.54, 1.807) is 30.3 Å². The molecule has 0 spiro atoms. The minimum Gasteiger partial charge on any atom is -0.302 e. The molecule has 1 N–H and O–H groups in total. The Morgan fingerprint density at radius 2 is 1.67 bits per heavy atom. The van der Waals surface area contributed by atoms with Gasteiger partial charge >= 0.3 is 0 Å². The van der Waals surface area contributed by atoms with Crippen LogP contribution < -0.4 is 5.32 Å². The van der Waals surface area contributed by atoms with Gasteiger partial charge in [0.1, 0.15) is 0 Å². The summed E-state index contributed by atoms with van der Waals surface area (Å²) in [5.74, 6) is -0.303. The maximum Gasteiger partial charge on any atom is 0.226 e. The highest BCUT2D eigenvalue weighted by molar-refractivity contribution is 7.91. The number of carbonyl (C=O) groups excluding carboxylic acids is 1. The summed E-state index contributed by atoms with van der Waals surface area (Å²) in [6, 6.07) is 22.5. The Hall–Kier alpha value is -3.03. The van der Waals surface area contributed by atoms with Gasteiger partial charge in [0.05, 0.1) is 16.3 Å². The number of fused-ring (bicyclic) bond motifs is 1. The molecule has 1 aromatic heterocycles. The van der Waals surface area contributed by atoms with Crippen LogP contribution in [-0.4, -0.2) is 25.1 Å². The van der Waals surface area contributed by atoms with Crippen molar-refractivity contribution in [1.29, 1.82) is 0 Å². The third-order valence-electron chi connectivity index (χ3n) is 4.71. The van der Waals surface area contributed by atoms with Crippen molar-refractivity contribution in [3.8, 4) is 11.3 Å². The number of benzene rings is 3. The van der Waals surface area contributed by atoms with Gasteiger partial charge in [-0.05, 0) is 35.4 Å². The molecule has 0 unspecified atom stereocenters. The summed E-state index contributed by atoms with van der Waals surface area (Å²) in [5.41, 5.74) is 1.78. The van der Waals surface area contributed by atoms with E-state index in [0.29, 0.717) is 5.13 Å². The van der Waals surface area contributed by atoms with Gasteiger partial charge in [0.25, 0.3) is 0 Å². The first-order chi connectivity index (χ1) is 14.5. The van der Waals surface area contributed by atoms with Gasteiger partial charge in [0.15, 0.2) is 15.0 Å². The van der Waals surface area contributed by atoms with Crippen LogP contribution in [0.15, 0.2) is 83.1 Å². The van der Waals surface area contributed by atoms with E-state index in [9.17, 15) is 13.2 Å². The van der Waals surface area contributed by atoms with Crippen LogP contribution in [0.4, 0.5) is 5.13 Å². The second-order valence-corrected chi connectivity index (χ2v) is 9.85. The molecule has 1 amide bonds. The molecule has 0 radical (unpaired) electrons. The van der Waals surface area contributed by atoms with E-state index in [0.717, 1.165) is 22.0 Å². The second-order valence-electron chi connectivity index (χ2n) is 6.88. The number of thiazole rings is 1. The number of sulfone groups is 1. The Labute approximate surface area is 179 Å². The van der Waals surface area contributed by atoms with Crippen molar-refractivity contribution >= 4 is 43.0 Å². The molecule has 0 saturated heterocycles. The molecule has 0 aliphatic heterocycles. The molecule has 7 heteroatoms.